The second-order valence-corrected chi connectivity index (χ2v) is 8.34. The minimum atomic E-state index is 0.0875. The monoisotopic (exact) mass is 393 g/mol. The van der Waals surface area contributed by atoms with Crippen molar-refractivity contribution in [3.8, 4) is 17.0 Å². The summed E-state index contributed by atoms with van der Waals surface area (Å²) in [5, 5.41) is 3.10. The van der Waals surface area contributed by atoms with Gasteiger partial charge in [-0.15, -0.1) is 0 Å². The van der Waals surface area contributed by atoms with Crippen LogP contribution >= 0.6 is 0 Å². The first kappa shape index (κ1) is 19.9. The van der Waals surface area contributed by atoms with Crippen LogP contribution in [-0.2, 0) is 24.1 Å². The predicted octanol–water partition coefficient (Wildman–Crippen LogP) is 5.11. The highest BCUT2D eigenvalue weighted by molar-refractivity contribution is 5.90. The van der Waals surface area contributed by atoms with Gasteiger partial charge in [0.1, 0.15) is 5.75 Å². The van der Waals surface area contributed by atoms with Crippen molar-refractivity contribution in [2.75, 3.05) is 12.4 Å². The maximum atomic E-state index is 12.7. The number of carbonyl (C=O) groups is 1. The van der Waals surface area contributed by atoms with E-state index in [-0.39, 0.29) is 5.91 Å². The number of hydrogen-bond donors (Lipinski definition) is 1. The fourth-order valence-corrected chi connectivity index (χ4v) is 4.63. The van der Waals surface area contributed by atoms with Crippen molar-refractivity contribution in [3.63, 3.8) is 0 Å². The Balaban J connectivity index is 1.59. The quantitative estimate of drug-likeness (QED) is 0.740. The summed E-state index contributed by atoms with van der Waals surface area (Å²) in [6.07, 6.45) is 10.3. The summed E-state index contributed by atoms with van der Waals surface area (Å²) in [6.45, 7) is 2.13. The van der Waals surface area contributed by atoms with Gasteiger partial charge in [0.05, 0.1) is 24.2 Å². The zero-order valence-electron chi connectivity index (χ0n) is 17.6. The van der Waals surface area contributed by atoms with Gasteiger partial charge in [0.15, 0.2) is 5.82 Å². The van der Waals surface area contributed by atoms with Gasteiger partial charge in [0.2, 0.25) is 5.91 Å². The zero-order valence-corrected chi connectivity index (χ0v) is 17.6. The van der Waals surface area contributed by atoms with Crippen molar-refractivity contribution in [2.24, 2.45) is 5.92 Å². The Morgan fingerprint density at radius 1 is 1.17 bits per heavy atom. The lowest BCUT2D eigenvalue weighted by atomic mass is 9.87. The minimum absolute atomic E-state index is 0.0875. The normalized spacial score (nSPS) is 16.1. The van der Waals surface area contributed by atoms with Gasteiger partial charge < -0.3 is 10.1 Å². The van der Waals surface area contributed by atoms with Crippen molar-refractivity contribution in [1.29, 1.82) is 0 Å². The van der Waals surface area contributed by atoms with E-state index in [1.807, 2.05) is 6.07 Å². The molecule has 5 heteroatoms. The third kappa shape index (κ3) is 4.44. The molecule has 1 saturated carbocycles. The number of aromatic nitrogens is 2. The van der Waals surface area contributed by atoms with Crippen LogP contribution in [0.15, 0.2) is 18.2 Å². The van der Waals surface area contributed by atoms with Crippen molar-refractivity contribution in [3.05, 3.63) is 35.2 Å². The molecule has 1 amide bonds. The Hall–Kier alpha value is -2.43. The van der Waals surface area contributed by atoms with Crippen molar-refractivity contribution < 1.29 is 9.53 Å². The van der Waals surface area contributed by atoms with E-state index in [0.717, 1.165) is 54.1 Å². The lowest BCUT2D eigenvalue weighted by Crippen LogP contribution is -2.21. The molecule has 1 fully saturated rings. The number of nitrogens with one attached hydrogen (secondary N) is 1. The van der Waals surface area contributed by atoms with Crippen LogP contribution in [0.1, 0.15) is 68.8 Å². The number of ether oxygens (including phenoxy) is 1. The first-order valence-electron chi connectivity index (χ1n) is 11.0. The maximum absolute atomic E-state index is 12.7. The minimum Gasteiger partial charge on any atom is -0.497 e. The van der Waals surface area contributed by atoms with Gasteiger partial charge in [0.25, 0.3) is 0 Å². The van der Waals surface area contributed by atoms with Gasteiger partial charge in [-0.25, -0.2) is 9.97 Å². The molecule has 1 aromatic carbocycles. The highest BCUT2D eigenvalue weighted by Gasteiger charge is 2.23. The lowest BCUT2D eigenvalue weighted by molar-refractivity contribution is -0.117. The van der Waals surface area contributed by atoms with E-state index in [1.54, 1.807) is 7.11 Å². The van der Waals surface area contributed by atoms with Crippen molar-refractivity contribution in [1.82, 2.24) is 9.97 Å². The average molecular weight is 394 g/mol. The lowest BCUT2D eigenvalue weighted by Gasteiger charge is -2.23. The second kappa shape index (κ2) is 8.93. The van der Waals surface area contributed by atoms with Gasteiger partial charge in [0, 0.05) is 12.0 Å². The molecule has 0 atom stereocenters. The first-order chi connectivity index (χ1) is 14.2. The molecule has 0 unspecified atom stereocenters. The van der Waals surface area contributed by atoms with Crippen molar-refractivity contribution >= 4 is 11.7 Å². The van der Waals surface area contributed by atoms with Crippen LogP contribution in [0, 0.1) is 5.92 Å². The topological polar surface area (TPSA) is 64.1 Å². The molecule has 0 aliphatic heterocycles. The zero-order chi connectivity index (χ0) is 20.2. The molecule has 2 aliphatic carbocycles. The summed E-state index contributed by atoms with van der Waals surface area (Å²) in [4.78, 5) is 22.5. The second-order valence-electron chi connectivity index (χ2n) is 8.34. The number of rotatable bonds is 6. The summed E-state index contributed by atoms with van der Waals surface area (Å²) in [5.74, 6) is 2.15. The Morgan fingerprint density at radius 2 is 2.00 bits per heavy atom. The van der Waals surface area contributed by atoms with Gasteiger partial charge in [-0.1, -0.05) is 32.6 Å². The van der Waals surface area contributed by atoms with E-state index >= 15 is 0 Å². The summed E-state index contributed by atoms with van der Waals surface area (Å²) < 4.78 is 5.37. The third-order valence-corrected chi connectivity index (χ3v) is 6.18. The SMILES string of the molecule is CCCc1nc2c(nc1NC(=O)CC1CCCCC1)CCc1cc(OC)ccc1-2. The molecule has 29 heavy (non-hydrogen) atoms. The first-order valence-corrected chi connectivity index (χ1v) is 11.0. The highest BCUT2D eigenvalue weighted by Crippen LogP contribution is 2.35. The van der Waals surface area contributed by atoms with Crippen LogP contribution in [0.3, 0.4) is 0 Å². The third-order valence-electron chi connectivity index (χ3n) is 6.18. The molecule has 1 heterocycles. The Morgan fingerprint density at radius 3 is 2.76 bits per heavy atom. The number of hydrogen-bond acceptors (Lipinski definition) is 4. The van der Waals surface area contributed by atoms with Crippen LogP contribution in [0.4, 0.5) is 5.82 Å². The molecule has 2 aromatic rings. The summed E-state index contributed by atoms with van der Waals surface area (Å²) >= 11 is 0. The number of carbonyl (C=O) groups excluding carboxylic acids is 1. The van der Waals surface area contributed by atoms with E-state index in [0.29, 0.717) is 18.2 Å². The standard InChI is InChI=1S/C24H31N3O2/c1-3-7-21-24(27-22(28)14-16-8-5-4-6-9-16)26-20-13-10-17-15-18(29-2)11-12-19(17)23(20)25-21/h11-12,15-16H,3-10,13-14H2,1-2H3,(H,26,27,28). The molecular weight excluding hydrogens is 362 g/mol. The Kier molecular flexibility index (Phi) is 6.12. The maximum Gasteiger partial charge on any atom is 0.225 e. The fourth-order valence-electron chi connectivity index (χ4n) is 4.63. The Labute approximate surface area is 173 Å². The molecule has 1 aromatic heterocycles. The van der Waals surface area contributed by atoms with E-state index in [4.69, 9.17) is 14.7 Å². The van der Waals surface area contributed by atoms with Crippen LogP contribution < -0.4 is 10.1 Å². The average Bonchev–Trinajstić information content (AvgIpc) is 2.74. The molecule has 1 N–H and O–H groups in total. The summed E-state index contributed by atoms with van der Waals surface area (Å²) in [6, 6.07) is 6.16. The van der Waals surface area contributed by atoms with E-state index in [1.165, 1.54) is 37.7 Å². The number of amides is 1. The largest absolute Gasteiger partial charge is 0.497 e. The number of methoxy groups -OCH3 is 1. The van der Waals surface area contributed by atoms with Crippen LogP contribution in [-0.4, -0.2) is 23.0 Å². The smallest absolute Gasteiger partial charge is 0.225 e. The molecule has 154 valence electrons. The molecule has 5 nitrogen and oxygen atoms in total. The molecule has 4 rings (SSSR count). The Bertz CT molecular complexity index is 888. The molecule has 2 aliphatic rings. The fraction of sp³-hybridized carbons (Fsp3) is 0.542. The van der Waals surface area contributed by atoms with Gasteiger partial charge in [-0.3, -0.25) is 4.79 Å². The van der Waals surface area contributed by atoms with Crippen LogP contribution in [0.25, 0.3) is 11.3 Å². The van der Waals surface area contributed by atoms with E-state index in [9.17, 15) is 4.79 Å². The number of anilines is 1. The number of fused-ring (bicyclic) bond motifs is 3. The van der Waals surface area contributed by atoms with Gasteiger partial charge >= 0.3 is 0 Å². The molecule has 0 bridgehead atoms. The van der Waals surface area contributed by atoms with Crippen molar-refractivity contribution in [2.45, 2.75) is 71.1 Å². The molecule has 0 spiro atoms. The molecule has 0 radical (unpaired) electrons. The predicted molar refractivity (Wildman–Crippen MR) is 115 cm³/mol. The number of aryl methyl sites for hydroxylation is 3. The van der Waals surface area contributed by atoms with E-state index < -0.39 is 0 Å². The van der Waals surface area contributed by atoms with Gasteiger partial charge in [-0.2, -0.15) is 0 Å². The number of nitrogens with zero attached hydrogens (tertiary/aromatic N) is 2. The van der Waals surface area contributed by atoms with Crippen LogP contribution in [0.5, 0.6) is 5.75 Å². The van der Waals surface area contributed by atoms with Gasteiger partial charge in [-0.05, 0) is 61.8 Å². The summed E-state index contributed by atoms with van der Waals surface area (Å²) in [7, 11) is 1.69. The molecule has 0 saturated heterocycles. The van der Waals surface area contributed by atoms with E-state index in [2.05, 4.69) is 24.4 Å². The molecular formula is C24H31N3O2. The number of benzene rings is 1. The van der Waals surface area contributed by atoms with Crippen LogP contribution in [0.2, 0.25) is 0 Å². The highest BCUT2D eigenvalue weighted by atomic mass is 16.5. The summed E-state index contributed by atoms with van der Waals surface area (Å²) in [5.41, 5.74) is 5.23.